The van der Waals surface area contributed by atoms with E-state index in [1.165, 1.54) is 62.5 Å². The summed E-state index contributed by atoms with van der Waals surface area (Å²) in [5.74, 6) is 3.54. The molecule has 0 aromatic carbocycles. The van der Waals surface area contributed by atoms with Crippen molar-refractivity contribution in [1.29, 1.82) is 0 Å². The maximum absolute atomic E-state index is 14.5. The van der Waals surface area contributed by atoms with Crippen LogP contribution in [0, 0.1) is 68.0 Å². The Labute approximate surface area is 324 Å². The standard InChI is InChI=1S/C47H79FN2O3/c1-11-12-29-53-41(52)46(31-48)22-15-33(16-23-46)35-18-20-43(6)37(42(35,4)5)19-21-45(8)38(43)14-13-36-40-34(32(2)3)17-24-47(40,26-25-44(36,45)7)39(51)30-49-27-28-50(9)10/h15,18,32,34,36-40,49,51H,11-14,16-17,19-31H2,1-10H3/t34-,36+,37-,38+,39?,40+,43-,44+,45+,46-,47+/m0/s1. The fraction of sp³-hybridized carbons (Fsp3) is 0.894. The average Bonchev–Trinajstić information content (AvgIpc) is 3.52. The number of alkyl halides is 1. The number of halogens is 1. The highest BCUT2D eigenvalue weighted by Gasteiger charge is 2.71. The first kappa shape index (κ1) is 41.4. The van der Waals surface area contributed by atoms with Gasteiger partial charge in [0, 0.05) is 25.0 Å². The summed E-state index contributed by atoms with van der Waals surface area (Å²) in [6, 6.07) is 0. The number of allylic oxidation sites excluding steroid dienone is 4. The Hall–Kier alpha value is -1.24. The molecule has 4 fully saturated rings. The Morgan fingerprint density at radius 2 is 1.72 bits per heavy atom. The number of rotatable bonds is 13. The molecule has 0 saturated heterocycles. The summed E-state index contributed by atoms with van der Waals surface area (Å²) in [4.78, 5) is 15.3. The van der Waals surface area contributed by atoms with E-state index in [1.54, 1.807) is 0 Å². The van der Waals surface area contributed by atoms with Gasteiger partial charge in [-0.3, -0.25) is 4.79 Å². The molecule has 11 atom stereocenters. The summed E-state index contributed by atoms with van der Waals surface area (Å²) < 4.78 is 20.1. The number of carbonyl (C=O) groups excluding carboxylic acids is 1. The van der Waals surface area contributed by atoms with Gasteiger partial charge in [-0.15, -0.1) is 0 Å². The zero-order chi connectivity index (χ0) is 38.6. The van der Waals surface area contributed by atoms with E-state index in [0.29, 0.717) is 55.0 Å². The molecular formula is C47H79FN2O3. The first-order valence-electron chi connectivity index (χ1n) is 22.1. The monoisotopic (exact) mass is 739 g/mol. The zero-order valence-electron chi connectivity index (χ0n) is 35.7. The second-order valence-electron chi connectivity index (χ2n) is 21.3. The number of nitrogens with zero attached hydrogens (tertiary/aromatic N) is 1. The van der Waals surface area contributed by atoms with Gasteiger partial charge in [0.15, 0.2) is 0 Å². The molecule has 0 aliphatic heterocycles. The van der Waals surface area contributed by atoms with Crippen molar-refractivity contribution in [2.45, 2.75) is 151 Å². The molecule has 6 aliphatic carbocycles. The van der Waals surface area contributed by atoms with Gasteiger partial charge in [0.25, 0.3) is 0 Å². The molecule has 5 nitrogen and oxygen atoms in total. The Bertz CT molecular complexity index is 1390. The van der Waals surface area contributed by atoms with Crippen LogP contribution in [0.1, 0.15) is 145 Å². The highest BCUT2D eigenvalue weighted by atomic mass is 19.1. The van der Waals surface area contributed by atoms with E-state index < -0.39 is 12.1 Å². The molecule has 0 amide bonds. The van der Waals surface area contributed by atoms with Gasteiger partial charge in [-0.2, -0.15) is 0 Å². The van der Waals surface area contributed by atoms with Crippen molar-refractivity contribution in [1.82, 2.24) is 10.2 Å². The second-order valence-corrected chi connectivity index (χ2v) is 21.3. The number of aliphatic hydroxyl groups excluding tert-OH is 1. The van der Waals surface area contributed by atoms with Crippen molar-refractivity contribution in [3.05, 3.63) is 23.3 Å². The van der Waals surface area contributed by atoms with E-state index in [0.717, 1.165) is 45.3 Å². The van der Waals surface area contributed by atoms with Crippen LogP contribution < -0.4 is 5.32 Å². The predicted molar refractivity (Wildman–Crippen MR) is 216 cm³/mol. The molecule has 2 N–H and O–H groups in total. The van der Waals surface area contributed by atoms with Crippen LogP contribution in [0.2, 0.25) is 0 Å². The van der Waals surface area contributed by atoms with E-state index in [4.69, 9.17) is 4.74 Å². The van der Waals surface area contributed by atoms with E-state index in [1.807, 2.05) is 0 Å². The molecule has 302 valence electrons. The fourth-order valence-corrected chi connectivity index (χ4v) is 14.9. The smallest absolute Gasteiger partial charge is 0.315 e. The lowest BCUT2D eigenvalue weighted by atomic mass is 9.32. The van der Waals surface area contributed by atoms with E-state index in [2.05, 4.69) is 91.9 Å². The number of fused-ring (bicyclic) bond motifs is 7. The Morgan fingerprint density at radius 1 is 0.962 bits per heavy atom. The number of likely N-dealkylation sites (N-methyl/N-ethyl adjacent to an activating group) is 1. The van der Waals surface area contributed by atoms with Crippen molar-refractivity contribution >= 4 is 5.97 Å². The summed E-state index contributed by atoms with van der Waals surface area (Å²) in [5, 5.41) is 15.8. The van der Waals surface area contributed by atoms with Gasteiger partial charge in [-0.25, -0.2) is 4.39 Å². The van der Waals surface area contributed by atoms with E-state index in [-0.39, 0.29) is 39.1 Å². The van der Waals surface area contributed by atoms with E-state index >= 15 is 0 Å². The highest BCUT2D eigenvalue weighted by Crippen LogP contribution is 2.78. The molecule has 1 unspecified atom stereocenters. The average molecular weight is 739 g/mol. The number of carbonyl (C=O) groups is 1. The Kier molecular flexibility index (Phi) is 11.9. The summed E-state index contributed by atoms with van der Waals surface area (Å²) in [7, 11) is 4.24. The number of aliphatic hydroxyl groups is 1. The van der Waals surface area contributed by atoms with Crippen LogP contribution in [-0.4, -0.2) is 69.1 Å². The molecule has 6 rings (SSSR count). The van der Waals surface area contributed by atoms with Gasteiger partial charge in [0.1, 0.15) is 6.67 Å². The minimum Gasteiger partial charge on any atom is -0.465 e. The number of ether oxygens (including phenoxy) is 1. The number of unbranched alkanes of at least 4 members (excludes halogenated alkanes) is 1. The first-order valence-corrected chi connectivity index (χ1v) is 22.1. The van der Waals surface area contributed by atoms with Gasteiger partial charge < -0.3 is 20.1 Å². The third-order valence-corrected chi connectivity index (χ3v) is 18.1. The van der Waals surface area contributed by atoms with Crippen LogP contribution in [0.5, 0.6) is 0 Å². The maximum Gasteiger partial charge on any atom is 0.315 e. The molecule has 4 saturated carbocycles. The number of hydrogen-bond donors (Lipinski definition) is 2. The summed E-state index contributed by atoms with van der Waals surface area (Å²) >= 11 is 0. The van der Waals surface area contributed by atoms with Crippen LogP contribution in [0.3, 0.4) is 0 Å². The van der Waals surface area contributed by atoms with Crippen molar-refractivity contribution in [3.8, 4) is 0 Å². The number of hydrogen-bond acceptors (Lipinski definition) is 5. The minimum atomic E-state index is -1.02. The van der Waals surface area contributed by atoms with Gasteiger partial charge in [0.05, 0.1) is 18.1 Å². The van der Waals surface area contributed by atoms with Crippen LogP contribution >= 0.6 is 0 Å². The Morgan fingerprint density at radius 3 is 2.36 bits per heavy atom. The third kappa shape index (κ3) is 6.65. The Balaban J connectivity index is 1.25. The van der Waals surface area contributed by atoms with E-state index in [9.17, 15) is 14.3 Å². The van der Waals surface area contributed by atoms with Crippen LogP contribution in [0.25, 0.3) is 0 Å². The lowest BCUT2D eigenvalue weighted by molar-refractivity contribution is -0.238. The van der Waals surface area contributed by atoms with Crippen LogP contribution in [0.15, 0.2) is 23.3 Å². The van der Waals surface area contributed by atoms with Gasteiger partial charge in [0.2, 0.25) is 0 Å². The summed E-state index contributed by atoms with van der Waals surface area (Å²) in [5.41, 5.74) is 2.64. The van der Waals surface area contributed by atoms with Crippen molar-refractivity contribution < 1.29 is 19.0 Å². The minimum absolute atomic E-state index is 0.0227. The summed E-state index contributed by atoms with van der Waals surface area (Å²) in [6.45, 7) is 22.5. The third-order valence-electron chi connectivity index (χ3n) is 18.1. The SMILES string of the molecule is CCCCOC(=O)[C@@]1(CF)CC=C(C2=CC[C@]3(C)[C@H]4CC[C@@H]5[C@H]6[C@H](C(C)C)CC[C@]6(C(O)CNCCN(C)C)CC[C@@]5(C)[C@]4(C)CC[C@H]3C2(C)C)CC1. The fourth-order valence-electron chi connectivity index (χ4n) is 14.9. The highest BCUT2D eigenvalue weighted by molar-refractivity contribution is 5.77. The van der Waals surface area contributed by atoms with Gasteiger partial charge in [-0.1, -0.05) is 74.0 Å². The molecule has 0 spiro atoms. The molecule has 0 aromatic rings. The van der Waals surface area contributed by atoms with Crippen LogP contribution in [-0.2, 0) is 9.53 Å². The molecule has 0 aromatic heterocycles. The molecular weight excluding hydrogens is 660 g/mol. The summed E-state index contributed by atoms with van der Waals surface area (Å²) in [6.07, 6.45) is 19.2. The molecule has 0 bridgehead atoms. The first-order chi connectivity index (χ1) is 25.0. The number of esters is 1. The molecule has 0 heterocycles. The van der Waals surface area contributed by atoms with Gasteiger partial charge >= 0.3 is 5.97 Å². The topological polar surface area (TPSA) is 61.8 Å². The lowest BCUT2D eigenvalue weighted by Gasteiger charge is -2.72. The molecule has 6 aliphatic rings. The molecule has 0 radical (unpaired) electrons. The second kappa shape index (κ2) is 15.3. The van der Waals surface area contributed by atoms with Gasteiger partial charge in [-0.05, 0) is 166 Å². The molecule has 53 heavy (non-hydrogen) atoms. The largest absolute Gasteiger partial charge is 0.465 e. The lowest BCUT2D eigenvalue weighted by Crippen LogP contribution is -2.66. The van der Waals surface area contributed by atoms with Crippen molar-refractivity contribution in [3.63, 3.8) is 0 Å². The van der Waals surface area contributed by atoms with Crippen LogP contribution in [0.4, 0.5) is 4.39 Å². The van der Waals surface area contributed by atoms with Crippen molar-refractivity contribution in [2.75, 3.05) is 47.0 Å². The van der Waals surface area contributed by atoms with Crippen molar-refractivity contribution in [2.24, 2.45) is 68.0 Å². The number of nitrogens with one attached hydrogen (secondary N) is 1. The molecule has 6 heteroatoms. The quantitative estimate of drug-likeness (QED) is 0.146. The normalized spacial score (nSPS) is 42.6. The zero-order valence-corrected chi connectivity index (χ0v) is 35.7. The predicted octanol–water partition coefficient (Wildman–Crippen LogP) is 10.2. The maximum atomic E-state index is 14.5.